The van der Waals surface area contributed by atoms with E-state index in [2.05, 4.69) is 39.8 Å². The lowest BCUT2D eigenvalue weighted by molar-refractivity contribution is 0.349. The van der Waals surface area contributed by atoms with E-state index in [0.29, 0.717) is 18.9 Å². The molecule has 1 aromatic heterocycles. The number of fused-ring (bicyclic) bond motifs is 1. The van der Waals surface area contributed by atoms with Crippen molar-refractivity contribution in [2.75, 3.05) is 20.8 Å². The predicted molar refractivity (Wildman–Crippen MR) is 124 cm³/mol. The quantitative estimate of drug-likeness (QED) is 0.431. The van der Waals surface area contributed by atoms with Crippen molar-refractivity contribution in [3.63, 3.8) is 0 Å². The number of ether oxygens (including phenoxy) is 3. The first-order chi connectivity index (χ1) is 14.4. The number of pyridine rings is 1. The SMILES string of the molecule is CCCCn1c(=O)c(OC)c(OC)c2ccc(OC/C=C(\C)CCC=C(C)C)cc21. The van der Waals surface area contributed by atoms with Gasteiger partial charge in [0, 0.05) is 18.0 Å². The van der Waals surface area contributed by atoms with E-state index in [1.165, 1.54) is 18.3 Å². The van der Waals surface area contributed by atoms with Gasteiger partial charge < -0.3 is 18.8 Å². The monoisotopic (exact) mass is 413 g/mol. The van der Waals surface area contributed by atoms with Gasteiger partial charge in [0.25, 0.3) is 5.56 Å². The second kappa shape index (κ2) is 11.5. The number of aryl methyl sites for hydroxylation is 1. The molecular weight excluding hydrogens is 378 g/mol. The first kappa shape index (κ1) is 23.6. The van der Waals surface area contributed by atoms with Gasteiger partial charge in [-0.3, -0.25) is 4.79 Å². The Balaban J connectivity index is 2.31. The van der Waals surface area contributed by atoms with Gasteiger partial charge in [-0.15, -0.1) is 0 Å². The number of allylic oxidation sites excluding steroid dienone is 3. The van der Waals surface area contributed by atoms with E-state index >= 15 is 0 Å². The van der Waals surface area contributed by atoms with E-state index < -0.39 is 0 Å². The second-order valence-corrected chi connectivity index (χ2v) is 7.74. The fraction of sp³-hybridized carbons (Fsp3) is 0.480. The molecule has 0 saturated heterocycles. The Hall–Kier alpha value is -2.69. The van der Waals surface area contributed by atoms with Gasteiger partial charge in [-0.25, -0.2) is 0 Å². The summed E-state index contributed by atoms with van der Waals surface area (Å²) in [7, 11) is 3.05. The second-order valence-electron chi connectivity index (χ2n) is 7.74. The standard InChI is InChI=1S/C25H35NO4/c1-7-8-15-26-22-17-20(30-16-14-19(4)11-9-10-18(2)3)12-13-21(22)23(28-5)24(29-6)25(26)27/h10,12-14,17H,7-9,11,15-16H2,1-6H3/b19-14+. The summed E-state index contributed by atoms with van der Waals surface area (Å²) in [4.78, 5) is 13.0. The molecule has 0 N–H and O–H groups in total. The lowest BCUT2D eigenvalue weighted by atomic mass is 10.1. The van der Waals surface area contributed by atoms with E-state index in [0.717, 1.165) is 42.3 Å². The number of rotatable bonds is 11. The van der Waals surface area contributed by atoms with Crippen LogP contribution < -0.4 is 19.8 Å². The topological polar surface area (TPSA) is 49.7 Å². The highest BCUT2D eigenvalue weighted by Gasteiger charge is 2.18. The molecule has 0 unspecified atom stereocenters. The number of benzene rings is 1. The first-order valence-electron chi connectivity index (χ1n) is 10.6. The first-order valence-corrected chi connectivity index (χ1v) is 10.6. The normalized spacial score (nSPS) is 11.5. The van der Waals surface area contributed by atoms with Gasteiger partial charge in [0.15, 0.2) is 5.75 Å². The van der Waals surface area contributed by atoms with Crippen LogP contribution in [0.1, 0.15) is 53.4 Å². The summed E-state index contributed by atoms with van der Waals surface area (Å²) in [5.41, 5.74) is 3.27. The van der Waals surface area contributed by atoms with Crippen LogP contribution in [0.5, 0.6) is 17.2 Å². The van der Waals surface area contributed by atoms with E-state index in [1.807, 2.05) is 18.2 Å². The Bertz CT molecular complexity index is 965. The zero-order valence-corrected chi connectivity index (χ0v) is 19.2. The zero-order chi connectivity index (χ0) is 22.1. The maximum Gasteiger partial charge on any atom is 0.297 e. The van der Waals surface area contributed by atoms with E-state index in [4.69, 9.17) is 14.2 Å². The maximum atomic E-state index is 13.0. The molecule has 2 rings (SSSR count). The number of nitrogens with zero attached hydrogens (tertiary/aromatic N) is 1. The minimum absolute atomic E-state index is 0.178. The van der Waals surface area contributed by atoms with Crippen molar-refractivity contribution < 1.29 is 14.2 Å². The van der Waals surface area contributed by atoms with Gasteiger partial charge in [0.2, 0.25) is 5.75 Å². The van der Waals surface area contributed by atoms with Crippen molar-refractivity contribution in [1.29, 1.82) is 0 Å². The third-order valence-corrected chi connectivity index (χ3v) is 5.07. The molecule has 0 amide bonds. The van der Waals surface area contributed by atoms with Gasteiger partial charge in [0.1, 0.15) is 12.4 Å². The van der Waals surface area contributed by atoms with Crippen LogP contribution in [0, 0.1) is 0 Å². The molecule has 0 aliphatic rings. The van der Waals surface area contributed by atoms with Crippen molar-refractivity contribution in [3.8, 4) is 17.2 Å². The number of hydrogen-bond acceptors (Lipinski definition) is 4. The molecule has 0 aliphatic heterocycles. The van der Waals surface area contributed by atoms with Crippen LogP contribution >= 0.6 is 0 Å². The highest BCUT2D eigenvalue weighted by atomic mass is 16.5. The number of hydrogen-bond donors (Lipinski definition) is 0. The minimum Gasteiger partial charge on any atom is -0.492 e. The van der Waals surface area contributed by atoms with Crippen LogP contribution in [0.4, 0.5) is 0 Å². The highest BCUT2D eigenvalue weighted by Crippen LogP contribution is 2.34. The summed E-state index contributed by atoms with van der Waals surface area (Å²) >= 11 is 0. The van der Waals surface area contributed by atoms with Crippen LogP contribution in [-0.2, 0) is 6.54 Å². The summed E-state index contributed by atoms with van der Waals surface area (Å²) in [5, 5.41) is 0.839. The minimum atomic E-state index is -0.178. The largest absolute Gasteiger partial charge is 0.492 e. The molecule has 5 heteroatoms. The molecule has 1 heterocycles. The lowest BCUT2D eigenvalue weighted by Gasteiger charge is -2.17. The number of aromatic nitrogens is 1. The van der Waals surface area contributed by atoms with Crippen molar-refractivity contribution >= 4 is 10.9 Å². The predicted octanol–water partition coefficient (Wildman–Crippen LogP) is 5.89. The molecule has 5 nitrogen and oxygen atoms in total. The summed E-state index contributed by atoms with van der Waals surface area (Å²) in [5.74, 6) is 1.43. The number of methoxy groups -OCH3 is 2. The Morgan fingerprint density at radius 2 is 1.80 bits per heavy atom. The van der Waals surface area contributed by atoms with Crippen molar-refractivity contribution in [3.05, 3.63) is 51.9 Å². The van der Waals surface area contributed by atoms with E-state index in [9.17, 15) is 4.79 Å². The van der Waals surface area contributed by atoms with Crippen molar-refractivity contribution in [1.82, 2.24) is 4.57 Å². The molecule has 1 aromatic carbocycles. The molecule has 0 bridgehead atoms. The van der Waals surface area contributed by atoms with Gasteiger partial charge in [0.05, 0.1) is 19.7 Å². The van der Waals surface area contributed by atoms with Gasteiger partial charge >= 0.3 is 0 Å². The molecule has 30 heavy (non-hydrogen) atoms. The van der Waals surface area contributed by atoms with Crippen molar-refractivity contribution in [2.24, 2.45) is 0 Å². The zero-order valence-electron chi connectivity index (χ0n) is 19.2. The molecule has 2 aromatic rings. The average molecular weight is 414 g/mol. The summed E-state index contributed by atoms with van der Waals surface area (Å²) < 4.78 is 18.6. The molecule has 0 fully saturated rings. The van der Waals surface area contributed by atoms with Crippen molar-refractivity contribution in [2.45, 2.75) is 59.9 Å². The van der Waals surface area contributed by atoms with Gasteiger partial charge in [-0.2, -0.15) is 0 Å². The smallest absolute Gasteiger partial charge is 0.297 e. The molecule has 0 aliphatic carbocycles. The highest BCUT2D eigenvalue weighted by molar-refractivity contribution is 5.89. The Labute approximate surface area is 180 Å². The molecule has 0 saturated carbocycles. The maximum absolute atomic E-state index is 13.0. The number of unbranched alkanes of at least 4 members (excludes halogenated alkanes) is 1. The summed E-state index contributed by atoms with van der Waals surface area (Å²) in [6, 6.07) is 5.76. The van der Waals surface area contributed by atoms with Gasteiger partial charge in [-0.1, -0.05) is 30.6 Å². The third-order valence-electron chi connectivity index (χ3n) is 5.07. The third kappa shape index (κ3) is 5.91. The Morgan fingerprint density at radius 1 is 1.07 bits per heavy atom. The fourth-order valence-electron chi connectivity index (χ4n) is 3.36. The molecule has 0 atom stereocenters. The molecular formula is C25H35NO4. The van der Waals surface area contributed by atoms with E-state index in [1.54, 1.807) is 11.7 Å². The average Bonchev–Trinajstić information content (AvgIpc) is 2.72. The molecule has 0 spiro atoms. The fourth-order valence-corrected chi connectivity index (χ4v) is 3.36. The van der Waals surface area contributed by atoms with Crippen LogP contribution in [-0.4, -0.2) is 25.4 Å². The molecule has 164 valence electrons. The van der Waals surface area contributed by atoms with Crippen LogP contribution in [0.3, 0.4) is 0 Å². The summed E-state index contributed by atoms with van der Waals surface area (Å²) in [6.07, 6.45) is 8.34. The van der Waals surface area contributed by atoms with Crippen LogP contribution in [0.25, 0.3) is 10.9 Å². The Kier molecular flexibility index (Phi) is 9.03. The lowest BCUT2D eigenvalue weighted by Crippen LogP contribution is -2.23. The molecule has 0 radical (unpaired) electrons. The summed E-state index contributed by atoms with van der Waals surface area (Å²) in [6.45, 7) is 9.59. The van der Waals surface area contributed by atoms with Crippen LogP contribution in [0.15, 0.2) is 46.3 Å². The van der Waals surface area contributed by atoms with Gasteiger partial charge in [-0.05, 0) is 58.2 Å². The van der Waals surface area contributed by atoms with E-state index in [-0.39, 0.29) is 11.3 Å². The Morgan fingerprint density at radius 3 is 2.43 bits per heavy atom. The van der Waals surface area contributed by atoms with Crippen LogP contribution in [0.2, 0.25) is 0 Å².